The van der Waals surface area contributed by atoms with Crippen LogP contribution in [-0.4, -0.2) is 125 Å². The number of imidazole rings is 1. The van der Waals surface area contributed by atoms with Crippen molar-refractivity contribution in [2.24, 2.45) is 5.73 Å². The molecule has 0 spiro atoms. The van der Waals surface area contributed by atoms with Crippen LogP contribution in [0, 0.1) is 0 Å². The van der Waals surface area contributed by atoms with Crippen LogP contribution in [0.2, 0.25) is 5.02 Å². The minimum Gasteiger partial charge on any atom is -0.756 e. The van der Waals surface area contributed by atoms with Gasteiger partial charge in [-0.1, -0.05) is 32.4 Å². The molecular formula is C33H45ClN8O14P2. The molecule has 10 atom stereocenters. The van der Waals surface area contributed by atoms with Gasteiger partial charge in [-0.3, -0.25) is 18.5 Å². The van der Waals surface area contributed by atoms with E-state index in [2.05, 4.69) is 49.5 Å². The zero-order valence-corrected chi connectivity index (χ0v) is 33.9. The molecule has 58 heavy (non-hydrogen) atoms. The first-order valence-corrected chi connectivity index (χ1v) is 21.2. The first kappa shape index (κ1) is 45.5. The molecule has 6 rings (SSSR count). The minimum atomic E-state index is -5.67. The third-order valence-corrected chi connectivity index (χ3v) is 12.1. The summed E-state index contributed by atoms with van der Waals surface area (Å²) >= 11 is 6.02. The van der Waals surface area contributed by atoms with E-state index < -0.39 is 83.8 Å². The van der Waals surface area contributed by atoms with Crippen LogP contribution >= 0.6 is 27.2 Å². The van der Waals surface area contributed by atoms with Crippen molar-refractivity contribution in [1.29, 1.82) is 0 Å². The number of phosphoric acid groups is 2. The fraction of sp³-hybridized carbons (Fsp3) is 0.485. The maximum absolute atomic E-state index is 12.6. The van der Waals surface area contributed by atoms with Crippen molar-refractivity contribution in [3.05, 3.63) is 65.7 Å². The van der Waals surface area contributed by atoms with Crippen LogP contribution in [0.1, 0.15) is 43.6 Å². The van der Waals surface area contributed by atoms with Crippen molar-refractivity contribution in [3.8, 4) is 11.4 Å². The zero-order valence-electron chi connectivity index (χ0n) is 31.4. The monoisotopic (exact) mass is 874 g/mol. The van der Waals surface area contributed by atoms with Crippen LogP contribution in [0.4, 0.5) is 5.82 Å². The topological polar surface area (TPSA) is 324 Å². The standard InChI is InChI=1S/C27H30ClN7O14P2.C6H15N/c28-14-5-3-12(4-6-14)24-33-17-22(29)31-11-32-25(17)35(24)27-21(39)19(37)16(48-27)10-46-51(43,44)49-50(41,42)45-9-15-18(36)20(38)26(47-15)34-7-1-2-13(8-34)23(30)40;1-4-7(5-2)6-3/h1-8,11,15-16,18-21,26-27,36-39H,9-10H2,(H5-,29,30,31,32,40,41,42,43,44);4-6H2,1-3H3/t15-,16-,18-,19-,20-,21-,26-,27-;/m1./s1. The number of carbonyl (C=O) groups excluding carboxylic acids is 1. The molecule has 1 aromatic carbocycles. The number of rotatable bonds is 15. The Balaban J connectivity index is 0.000000839. The van der Waals surface area contributed by atoms with E-state index in [1.807, 2.05) is 0 Å². The van der Waals surface area contributed by atoms with Gasteiger partial charge in [0.05, 0.1) is 13.2 Å². The SMILES string of the molecule is CCN(CC)CC.NC(=O)c1ccc[n+]([C@@H]2O[C@H](COP(=O)([O-])OP(=O)(O)OC[C@H]3O[C@@H](n4c(-c5ccc(Cl)cc5)nc5c(N)ncnc54)[C@H](O)[C@@H]3O)[C@@H](O)[C@H]2O)c1. The molecule has 318 valence electrons. The van der Waals surface area contributed by atoms with E-state index in [1.54, 1.807) is 24.3 Å². The highest BCUT2D eigenvalue weighted by atomic mass is 35.5. The van der Waals surface area contributed by atoms with E-state index in [0.29, 0.717) is 10.6 Å². The minimum absolute atomic E-state index is 0.00314. The number of amides is 1. The highest BCUT2D eigenvalue weighted by molar-refractivity contribution is 7.60. The van der Waals surface area contributed by atoms with Crippen LogP contribution in [0.15, 0.2) is 55.1 Å². The maximum Gasteiger partial charge on any atom is 0.478 e. The smallest absolute Gasteiger partial charge is 0.478 e. The predicted molar refractivity (Wildman–Crippen MR) is 201 cm³/mol. The van der Waals surface area contributed by atoms with Gasteiger partial charge in [0.15, 0.2) is 41.7 Å². The van der Waals surface area contributed by atoms with E-state index in [9.17, 15) is 44.1 Å². The molecule has 9 N–H and O–H groups in total. The van der Waals surface area contributed by atoms with Crippen molar-refractivity contribution in [2.75, 3.05) is 38.6 Å². The summed E-state index contributed by atoms with van der Waals surface area (Å²) in [6, 6.07) is 9.22. The average Bonchev–Trinajstić information content (AvgIpc) is 3.81. The van der Waals surface area contributed by atoms with E-state index in [4.69, 9.17) is 37.1 Å². The van der Waals surface area contributed by atoms with Crippen molar-refractivity contribution >= 4 is 50.1 Å². The molecule has 5 heterocycles. The third kappa shape index (κ3) is 10.6. The van der Waals surface area contributed by atoms with Gasteiger partial charge < -0.3 is 60.6 Å². The largest absolute Gasteiger partial charge is 0.756 e. The summed E-state index contributed by atoms with van der Waals surface area (Å²) in [7, 11) is -11.2. The lowest BCUT2D eigenvalue weighted by Crippen LogP contribution is -2.46. The number of ether oxygens (including phenoxy) is 2. The zero-order chi connectivity index (χ0) is 42.5. The summed E-state index contributed by atoms with van der Waals surface area (Å²) in [4.78, 5) is 49.1. The number of hydrogen-bond acceptors (Lipinski definition) is 18. The Kier molecular flexibility index (Phi) is 15.1. The molecule has 22 nitrogen and oxygen atoms in total. The lowest BCUT2D eigenvalue weighted by molar-refractivity contribution is -0.765. The Bertz CT molecular complexity index is 2130. The summed E-state index contributed by atoms with van der Waals surface area (Å²) in [5.41, 5.74) is 12.0. The number of phosphoric ester groups is 2. The van der Waals surface area contributed by atoms with Crippen molar-refractivity contribution < 1.29 is 71.5 Å². The third-order valence-electron chi connectivity index (χ3n) is 9.28. The quantitative estimate of drug-likeness (QED) is 0.0611. The number of aromatic nitrogens is 5. The number of aliphatic hydroxyl groups excluding tert-OH is 4. The first-order valence-electron chi connectivity index (χ1n) is 17.8. The molecule has 2 unspecified atom stereocenters. The second-order valence-corrected chi connectivity index (χ2v) is 16.4. The van der Waals surface area contributed by atoms with Crippen LogP contribution < -0.4 is 20.9 Å². The second kappa shape index (κ2) is 19.2. The molecule has 0 saturated carbocycles. The molecule has 2 aliphatic rings. The Labute approximate surface area is 336 Å². The molecule has 25 heteroatoms. The van der Waals surface area contributed by atoms with Gasteiger partial charge in [-0.15, -0.1) is 0 Å². The van der Waals surface area contributed by atoms with Gasteiger partial charge in [-0.05, 0) is 50.0 Å². The molecular weight excluding hydrogens is 830 g/mol. The summed E-state index contributed by atoms with van der Waals surface area (Å²) < 4.78 is 52.6. The molecule has 2 saturated heterocycles. The van der Waals surface area contributed by atoms with Gasteiger partial charge in [-0.25, -0.2) is 23.8 Å². The Hall–Kier alpha value is -3.54. The van der Waals surface area contributed by atoms with E-state index in [0.717, 1.165) is 6.33 Å². The number of carbonyl (C=O) groups is 1. The average molecular weight is 875 g/mol. The highest BCUT2D eigenvalue weighted by Crippen LogP contribution is 2.58. The Morgan fingerprint density at radius 3 is 2.21 bits per heavy atom. The van der Waals surface area contributed by atoms with Crippen molar-refractivity contribution in [3.63, 3.8) is 0 Å². The Morgan fingerprint density at radius 1 is 0.966 bits per heavy atom. The molecule has 2 aliphatic heterocycles. The summed E-state index contributed by atoms with van der Waals surface area (Å²) in [5, 5.41) is 43.0. The van der Waals surface area contributed by atoms with E-state index in [1.165, 1.54) is 53.3 Å². The number of anilines is 1. The molecule has 4 aromatic rings. The van der Waals surface area contributed by atoms with Crippen LogP contribution in [0.3, 0.4) is 0 Å². The lowest BCUT2D eigenvalue weighted by Gasteiger charge is -2.26. The number of pyridine rings is 1. The van der Waals surface area contributed by atoms with Gasteiger partial charge in [0, 0.05) is 16.7 Å². The normalized spacial score (nSPS) is 26.6. The molecule has 1 amide bonds. The van der Waals surface area contributed by atoms with Crippen LogP contribution in [-0.2, 0) is 32.0 Å². The fourth-order valence-corrected chi connectivity index (χ4v) is 8.32. The fourth-order valence-electron chi connectivity index (χ4n) is 6.14. The van der Waals surface area contributed by atoms with Crippen molar-refractivity contribution in [2.45, 2.75) is 69.9 Å². The molecule has 0 bridgehead atoms. The lowest BCUT2D eigenvalue weighted by atomic mass is 10.1. The number of nitrogens with two attached hydrogens (primary N) is 2. The number of aliphatic hydroxyl groups is 4. The van der Waals surface area contributed by atoms with Crippen molar-refractivity contribution in [1.82, 2.24) is 24.4 Å². The Morgan fingerprint density at radius 2 is 1.59 bits per heavy atom. The predicted octanol–water partition coefficient (Wildman–Crippen LogP) is 0.0206. The van der Waals surface area contributed by atoms with Crippen LogP contribution in [0.25, 0.3) is 22.6 Å². The second-order valence-electron chi connectivity index (χ2n) is 12.9. The number of nitrogen functional groups attached to an aromatic ring is 1. The number of hydrogen-bond donors (Lipinski definition) is 7. The first-order chi connectivity index (χ1) is 27.4. The molecule has 2 fully saturated rings. The molecule has 0 radical (unpaired) electrons. The van der Waals surface area contributed by atoms with E-state index in [-0.39, 0.29) is 28.4 Å². The number of primary amides is 1. The summed E-state index contributed by atoms with van der Waals surface area (Å²) in [5.74, 6) is -0.596. The van der Waals surface area contributed by atoms with Gasteiger partial charge in [-0.2, -0.15) is 4.57 Å². The van der Waals surface area contributed by atoms with Gasteiger partial charge in [0.2, 0.25) is 0 Å². The highest BCUT2D eigenvalue weighted by Gasteiger charge is 2.50. The number of fused-ring (bicyclic) bond motifs is 1. The number of benzene rings is 1. The van der Waals surface area contributed by atoms with Gasteiger partial charge in [0.25, 0.3) is 20.0 Å². The maximum atomic E-state index is 12.6. The number of halogens is 1. The number of nitrogens with zero attached hydrogens (tertiary/aromatic N) is 6. The van der Waals surface area contributed by atoms with Crippen LogP contribution in [0.5, 0.6) is 0 Å². The van der Waals surface area contributed by atoms with E-state index >= 15 is 0 Å². The summed E-state index contributed by atoms with van der Waals surface area (Å²) in [6.07, 6.45) is -8.71. The molecule has 3 aromatic heterocycles. The molecule has 0 aliphatic carbocycles. The van der Waals surface area contributed by atoms with Gasteiger partial charge in [0.1, 0.15) is 48.2 Å². The van der Waals surface area contributed by atoms with Gasteiger partial charge >= 0.3 is 7.82 Å². The summed E-state index contributed by atoms with van der Waals surface area (Å²) in [6.45, 7) is 8.18.